The average Bonchev–Trinajstić information content (AvgIpc) is 3.01. The standard InChI is InChI=1S/C24H28N2O5/c1-30-21-11-10-17(14-22(21)31-2)20(27)15-24(29)18-8-4-5-9-19(18)26(23(24)28)16-25-12-6-3-7-13-25/h4-5,8-11,14,29H,3,6-7,12-13,15-16H2,1-2H3/p+1/t24-/m0/s1. The van der Waals surface area contributed by atoms with Crippen LogP contribution in [0.15, 0.2) is 42.5 Å². The largest absolute Gasteiger partial charge is 0.493 e. The molecule has 0 unspecified atom stereocenters. The van der Waals surface area contributed by atoms with Crippen molar-refractivity contribution < 1.29 is 29.1 Å². The number of Topliss-reactive ketones (excluding diaryl/α,β-unsaturated/α-hetero) is 1. The van der Waals surface area contributed by atoms with Crippen LogP contribution in [0.2, 0.25) is 0 Å². The van der Waals surface area contributed by atoms with Crippen molar-refractivity contribution in [3.63, 3.8) is 0 Å². The minimum absolute atomic E-state index is 0.329. The number of piperidine rings is 1. The Balaban J connectivity index is 1.61. The van der Waals surface area contributed by atoms with Crippen molar-refractivity contribution in [3.8, 4) is 11.5 Å². The van der Waals surface area contributed by atoms with E-state index in [-0.39, 0.29) is 12.2 Å². The highest BCUT2D eigenvalue weighted by atomic mass is 16.5. The number of rotatable bonds is 7. The highest BCUT2D eigenvalue weighted by Crippen LogP contribution is 2.42. The number of aliphatic hydroxyl groups is 1. The molecular weight excluding hydrogens is 396 g/mol. The third kappa shape index (κ3) is 3.91. The molecule has 2 heterocycles. The van der Waals surface area contributed by atoms with Crippen molar-refractivity contribution in [2.45, 2.75) is 31.3 Å². The monoisotopic (exact) mass is 425 g/mol. The van der Waals surface area contributed by atoms with Crippen LogP contribution in [0, 0.1) is 0 Å². The molecule has 164 valence electrons. The third-order valence-electron chi connectivity index (χ3n) is 6.30. The molecule has 7 nitrogen and oxygen atoms in total. The first-order chi connectivity index (χ1) is 15.0. The van der Waals surface area contributed by atoms with Gasteiger partial charge in [0, 0.05) is 11.1 Å². The second-order valence-electron chi connectivity index (χ2n) is 8.25. The number of nitrogens with zero attached hydrogens (tertiary/aromatic N) is 1. The molecule has 7 heteroatoms. The minimum atomic E-state index is -1.88. The van der Waals surface area contributed by atoms with Crippen LogP contribution in [0.4, 0.5) is 5.69 Å². The first kappa shape index (κ1) is 21.3. The number of hydrogen-bond donors (Lipinski definition) is 2. The summed E-state index contributed by atoms with van der Waals surface area (Å²) in [4.78, 5) is 29.5. The molecule has 1 fully saturated rings. The van der Waals surface area contributed by atoms with Gasteiger partial charge in [0.2, 0.25) is 0 Å². The molecular formula is C24H29N2O5+. The van der Waals surface area contributed by atoms with Gasteiger partial charge in [0.05, 0.1) is 39.4 Å². The molecule has 2 aliphatic heterocycles. The Morgan fingerprint density at radius 3 is 2.48 bits per heavy atom. The summed E-state index contributed by atoms with van der Waals surface area (Å²) in [5.74, 6) is 0.170. The van der Waals surface area contributed by atoms with Gasteiger partial charge in [0.1, 0.15) is 0 Å². The van der Waals surface area contributed by atoms with Gasteiger partial charge in [-0.25, -0.2) is 0 Å². The molecule has 2 N–H and O–H groups in total. The van der Waals surface area contributed by atoms with E-state index in [4.69, 9.17) is 9.47 Å². The molecule has 0 saturated carbocycles. The average molecular weight is 426 g/mol. The smallest absolute Gasteiger partial charge is 0.268 e. The minimum Gasteiger partial charge on any atom is -0.493 e. The molecule has 2 aromatic carbocycles. The Bertz CT molecular complexity index is 986. The lowest BCUT2D eigenvalue weighted by Gasteiger charge is -2.29. The highest BCUT2D eigenvalue weighted by Gasteiger charge is 2.51. The van der Waals surface area contributed by atoms with Crippen LogP contribution >= 0.6 is 0 Å². The van der Waals surface area contributed by atoms with Gasteiger partial charge in [0.15, 0.2) is 29.6 Å². The van der Waals surface area contributed by atoms with Crippen LogP contribution in [0.5, 0.6) is 11.5 Å². The van der Waals surface area contributed by atoms with E-state index in [0.29, 0.717) is 35.0 Å². The predicted molar refractivity (Wildman–Crippen MR) is 116 cm³/mol. The maximum Gasteiger partial charge on any atom is 0.268 e. The van der Waals surface area contributed by atoms with E-state index in [1.807, 2.05) is 12.1 Å². The zero-order valence-electron chi connectivity index (χ0n) is 18.0. The van der Waals surface area contributed by atoms with Crippen LogP contribution in [0.25, 0.3) is 0 Å². The van der Waals surface area contributed by atoms with Gasteiger partial charge in [0.25, 0.3) is 5.91 Å². The van der Waals surface area contributed by atoms with E-state index in [2.05, 4.69) is 0 Å². The maximum atomic E-state index is 13.4. The van der Waals surface area contributed by atoms with Crippen molar-refractivity contribution in [1.29, 1.82) is 0 Å². The van der Waals surface area contributed by atoms with Gasteiger partial charge in [-0.15, -0.1) is 0 Å². The van der Waals surface area contributed by atoms with E-state index in [9.17, 15) is 14.7 Å². The normalized spacial score (nSPS) is 21.1. The van der Waals surface area contributed by atoms with Crippen molar-refractivity contribution in [2.24, 2.45) is 0 Å². The number of ketones is 1. The summed E-state index contributed by atoms with van der Waals surface area (Å²) in [7, 11) is 3.02. The van der Waals surface area contributed by atoms with Crippen molar-refractivity contribution >= 4 is 17.4 Å². The van der Waals surface area contributed by atoms with Crippen LogP contribution in [-0.2, 0) is 10.4 Å². The Kier molecular flexibility index (Phi) is 5.98. The lowest BCUT2D eigenvalue weighted by Crippen LogP contribution is -3.14. The Hall–Kier alpha value is -2.90. The van der Waals surface area contributed by atoms with E-state index in [1.54, 1.807) is 35.2 Å². The molecule has 1 saturated heterocycles. The number of anilines is 1. The molecule has 0 bridgehead atoms. The molecule has 0 aromatic heterocycles. The number of carbonyl (C=O) groups is 2. The van der Waals surface area contributed by atoms with Gasteiger partial charge in [-0.2, -0.15) is 0 Å². The van der Waals surface area contributed by atoms with E-state index in [1.165, 1.54) is 25.5 Å². The number of nitrogens with one attached hydrogen (secondary N) is 1. The number of hydrogen-bond acceptors (Lipinski definition) is 5. The van der Waals surface area contributed by atoms with Gasteiger partial charge in [-0.05, 0) is 43.5 Å². The molecule has 0 spiro atoms. The molecule has 1 atom stereocenters. The first-order valence-electron chi connectivity index (χ1n) is 10.7. The summed E-state index contributed by atoms with van der Waals surface area (Å²) in [5, 5.41) is 11.5. The maximum absolute atomic E-state index is 13.4. The van der Waals surface area contributed by atoms with Crippen LogP contribution in [-0.4, -0.2) is 50.8 Å². The summed E-state index contributed by atoms with van der Waals surface area (Å²) in [5.41, 5.74) is -0.342. The molecule has 4 rings (SSSR count). The summed E-state index contributed by atoms with van der Waals surface area (Å²) < 4.78 is 10.5. The summed E-state index contributed by atoms with van der Waals surface area (Å²) in [6, 6.07) is 12.1. The second kappa shape index (κ2) is 8.69. The molecule has 1 amide bonds. The van der Waals surface area contributed by atoms with Crippen molar-refractivity contribution in [1.82, 2.24) is 0 Å². The zero-order valence-corrected chi connectivity index (χ0v) is 18.0. The fourth-order valence-corrected chi connectivity index (χ4v) is 4.61. The van der Waals surface area contributed by atoms with Gasteiger partial charge in [-0.3, -0.25) is 14.5 Å². The van der Waals surface area contributed by atoms with E-state index >= 15 is 0 Å². The summed E-state index contributed by atoms with van der Waals surface area (Å²) >= 11 is 0. The van der Waals surface area contributed by atoms with Crippen molar-refractivity contribution in [3.05, 3.63) is 53.6 Å². The number of fused-ring (bicyclic) bond motifs is 1. The molecule has 2 aliphatic rings. The number of likely N-dealkylation sites (tertiary alicyclic amines) is 1. The Morgan fingerprint density at radius 1 is 1.06 bits per heavy atom. The number of quaternary nitrogens is 1. The topological polar surface area (TPSA) is 80.5 Å². The Labute approximate surface area is 182 Å². The lowest BCUT2D eigenvalue weighted by atomic mass is 9.88. The van der Waals surface area contributed by atoms with Crippen LogP contribution < -0.4 is 19.3 Å². The lowest BCUT2D eigenvalue weighted by molar-refractivity contribution is -0.903. The third-order valence-corrected chi connectivity index (χ3v) is 6.30. The first-order valence-corrected chi connectivity index (χ1v) is 10.7. The van der Waals surface area contributed by atoms with Gasteiger partial charge < -0.3 is 19.5 Å². The summed E-state index contributed by atoms with van der Waals surface area (Å²) in [6.45, 7) is 2.52. The molecule has 0 radical (unpaired) electrons. The molecule has 31 heavy (non-hydrogen) atoms. The quantitative estimate of drug-likeness (QED) is 0.658. The fourth-order valence-electron chi connectivity index (χ4n) is 4.61. The zero-order chi connectivity index (χ0) is 22.0. The van der Waals surface area contributed by atoms with E-state index in [0.717, 1.165) is 25.9 Å². The summed E-state index contributed by atoms with van der Waals surface area (Å²) in [6.07, 6.45) is 3.17. The number of amides is 1. The van der Waals surface area contributed by atoms with Gasteiger partial charge in [-0.1, -0.05) is 18.2 Å². The number of benzene rings is 2. The number of ether oxygens (including phenoxy) is 2. The fraction of sp³-hybridized carbons (Fsp3) is 0.417. The molecule has 2 aromatic rings. The van der Waals surface area contributed by atoms with Gasteiger partial charge >= 0.3 is 0 Å². The predicted octanol–water partition coefficient (Wildman–Crippen LogP) is 1.54. The number of carbonyl (C=O) groups excluding carboxylic acids is 2. The van der Waals surface area contributed by atoms with Crippen LogP contribution in [0.3, 0.4) is 0 Å². The number of methoxy groups -OCH3 is 2. The SMILES string of the molecule is COc1ccc(C(=O)C[C@@]2(O)C(=O)N(C[NH+]3CCCCC3)c3ccccc32)cc1OC. The Morgan fingerprint density at radius 2 is 1.77 bits per heavy atom. The van der Waals surface area contributed by atoms with Crippen molar-refractivity contribution in [2.75, 3.05) is 38.9 Å². The highest BCUT2D eigenvalue weighted by molar-refractivity contribution is 6.10. The number of para-hydroxylation sites is 1. The van der Waals surface area contributed by atoms with E-state index < -0.39 is 11.5 Å². The second-order valence-corrected chi connectivity index (χ2v) is 8.25. The molecule has 0 aliphatic carbocycles. The van der Waals surface area contributed by atoms with Crippen LogP contribution in [0.1, 0.15) is 41.6 Å².